The number of rotatable bonds is 3. The number of piperidine rings is 1. The molecule has 0 aliphatic carbocycles. The molecule has 1 aliphatic heterocycles. The van der Waals surface area contributed by atoms with Gasteiger partial charge in [-0.3, -0.25) is 9.69 Å². The molecule has 1 aliphatic rings. The summed E-state index contributed by atoms with van der Waals surface area (Å²) in [5.74, 6) is 0.877. The lowest BCUT2D eigenvalue weighted by Crippen LogP contribution is -2.35. The van der Waals surface area contributed by atoms with Crippen LogP contribution in [0.3, 0.4) is 0 Å². The predicted molar refractivity (Wildman–Crippen MR) is 109 cm³/mol. The lowest BCUT2D eigenvalue weighted by atomic mass is 9.94. The summed E-state index contributed by atoms with van der Waals surface area (Å²) in [5.41, 5.74) is 4.37. The molecule has 146 valence electrons. The van der Waals surface area contributed by atoms with Crippen LogP contribution in [-0.2, 0) is 6.54 Å². The van der Waals surface area contributed by atoms with E-state index in [4.69, 9.17) is 4.42 Å². The van der Waals surface area contributed by atoms with Gasteiger partial charge in [0.25, 0.3) is 5.56 Å². The van der Waals surface area contributed by atoms with Crippen LogP contribution in [0, 0.1) is 20.8 Å². The van der Waals surface area contributed by atoms with Crippen LogP contribution < -0.4 is 11.2 Å². The van der Waals surface area contributed by atoms with Crippen molar-refractivity contribution in [3.05, 3.63) is 73.2 Å². The van der Waals surface area contributed by atoms with Gasteiger partial charge in [0.2, 0.25) is 0 Å². The Bertz CT molecular complexity index is 1150. The molecule has 1 unspecified atom stereocenters. The molecular formula is C22H25N3O3. The molecule has 0 saturated carbocycles. The zero-order valence-electron chi connectivity index (χ0n) is 16.5. The van der Waals surface area contributed by atoms with Gasteiger partial charge in [0.1, 0.15) is 11.4 Å². The van der Waals surface area contributed by atoms with Crippen molar-refractivity contribution in [1.29, 1.82) is 0 Å². The number of nitrogens with one attached hydrogen (secondary N) is 1. The van der Waals surface area contributed by atoms with Crippen molar-refractivity contribution >= 4 is 11.0 Å². The average molecular weight is 379 g/mol. The molecule has 0 bridgehead atoms. The highest BCUT2D eigenvalue weighted by molar-refractivity contribution is 5.81. The van der Waals surface area contributed by atoms with Gasteiger partial charge in [-0.25, -0.2) is 9.78 Å². The van der Waals surface area contributed by atoms with Crippen molar-refractivity contribution in [3.8, 4) is 0 Å². The van der Waals surface area contributed by atoms with Gasteiger partial charge in [-0.1, -0.05) is 0 Å². The summed E-state index contributed by atoms with van der Waals surface area (Å²) in [5, 5.41) is 0.995. The Balaban J connectivity index is 1.63. The third kappa shape index (κ3) is 3.78. The number of nitrogens with zero attached hydrogens (tertiary/aromatic N) is 2. The lowest BCUT2D eigenvalue weighted by Gasteiger charge is -2.32. The van der Waals surface area contributed by atoms with E-state index in [2.05, 4.69) is 27.9 Å². The number of hydrogen-bond donors (Lipinski definition) is 1. The Morgan fingerprint density at radius 1 is 1.14 bits per heavy atom. The van der Waals surface area contributed by atoms with Gasteiger partial charge in [-0.2, -0.15) is 0 Å². The van der Waals surface area contributed by atoms with E-state index in [0.717, 1.165) is 48.1 Å². The molecule has 4 rings (SSSR count). The van der Waals surface area contributed by atoms with Gasteiger partial charge in [0.15, 0.2) is 0 Å². The van der Waals surface area contributed by atoms with Crippen LogP contribution in [0.2, 0.25) is 0 Å². The highest BCUT2D eigenvalue weighted by atomic mass is 16.4. The highest BCUT2D eigenvalue weighted by Crippen LogP contribution is 2.28. The largest absolute Gasteiger partial charge is 0.423 e. The molecule has 2 aromatic heterocycles. The SMILES string of the molecule is Cc1nc(C2CCCN(Cc3cc(=O)oc4cc(C)c(C)cc34)C2)cc(=O)[nH]1. The number of aryl methyl sites for hydroxylation is 3. The van der Waals surface area contributed by atoms with Gasteiger partial charge in [0.05, 0.1) is 5.69 Å². The summed E-state index contributed by atoms with van der Waals surface area (Å²) < 4.78 is 5.42. The molecule has 1 aromatic carbocycles. The first-order valence-electron chi connectivity index (χ1n) is 9.73. The van der Waals surface area contributed by atoms with Crippen LogP contribution in [0.4, 0.5) is 0 Å². The van der Waals surface area contributed by atoms with Gasteiger partial charge in [0, 0.05) is 36.5 Å². The minimum Gasteiger partial charge on any atom is -0.423 e. The van der Waals surface area contributed by atoms with E-state index in [9.17, 15) is 9.59 Å². The van der Waals surface area contributed by atoms with Crippen LogP contribution in [0.5, 0.6) is 0 Å². The first-order chi connectivity index (χ1) is 13.4. The molecule has 3 heterocycles. The lowest BCUT2D eigenvalue weighted by molar-refractivity contribution is 0.198. The first-order valence-corrected chi connectivity index (χ1v) is 9.73. The Morgan fingerprint density at radius 2 is 1.93 bits per heavy atom. The molecule has 1 atom stereocenters. The van der Waals surface area contributed by atoms with E-state index < -0.39 is 0 Å². The number of fused-ring (bicyclic) bond motifs is 1. The molecule has 1 N–H and O–H groups in total. The second kappa shape index (κ2) is 7.36. The third-order valence-electron chi connectivity index (χ3n) is 5.64. The summed E-state index contributed by atoms with van der Waals surface area (Å²) in [6, 6.07) is 7.26. The van der Waals surface area contributed by atoms with Crippen LogP contribution in [0.1, 0.15) is 47.0 Å². The summed E-state index contributed by atoms with van der Waals surface area (Å²) in [7, 11) is 0. The fraction of sp³-hybridized carbons (Fsp3) is 0.409. The van der Waals surface area contributed by atoms with Crippen molar-refractivity contribution in [2.75, 3.05) is 13.1 Å². The number of likely N-dealkylation sites (tertiary alicyclic amines) is 1. The molecule has 28 heavy (non-hydrogen) atoms. The Labute approximate surface area is 163 Å². The number of H-pyrrole nitrogens is 1. The van der Waals surface area contributed by atoms with Crippen molar-refractivity contribution in [1.82, 2.24) is 14.9 Å². The van der Waals surface area contributed by atoms with E-state index in [1.54, 1.807) is 12.1 Å². The topological polar surface area (TPSA) is 79.2 Å². The van der Waals surface area contributed by atoms with E-state index in [0.29, 0.717) is 18.0 Å². The summed E-state index contributed by atoms with van der Waals surface area (Å²) in [4.78, 5) is 33.5. The van der Waals surface area contributed by atoms with Crippen LogP contribution >= 0.6 is 0 Å². The van der Waals surface area contributed by atoms with Crippen molar-refractivity contribution in [2.45, 2.75) is 46.1 Å². The number of hydrogen-bond acceptors (Lipinski definition) is 5. The van der Waals surface area contributed by atoms with Gasteiger partial charge >= 0.3 is 5.63 Å². The molecule has 3 aromatic rings. The van der Waals surface area contributed by atoms with E-state index >= 15 is 0 Å². The molecule has 1 fully saturated rings. The molecule has 6 nitrogen and oxygen atoms in total. The predicted octanol–water partition coefficient (Wildman–Crippen LogP) is 3.18. The Hall–Kier alpha value is -2.73. The Morgan fingerprint density at radius 3 is 2.71 bits per heavy atom. The fourth-order valence-electron chi connectivity index (χ4n) is 4.11. The molecule has 0 radical (unpaired) electrons. The van der Waals surface area contributed by atoms with Crippen molar-refractivity contribution in [2.24, 2.45) is 0 Å². The molecule has 0 spiro atoms. The van der Waals surface area contributed by atoms with Crippen LogP contribution in [0.15, 0.2) is 38.3 Å². The molecule has 1 saturated heterocycles. The van der Waals surface area contributed by atoms with Crippen LogP contribution in [0.25, 0.3) is 11.0 Å². The van der Waals surface area contributed by atoms with E-state index in [1.165, 1.54) is 5.56 Å². The van der Waals surface area contributed by atoms with E-state index in [1.807, 2.05) is 19.9 Å². The van der Waals surface area contributed by atoms with Gasteiger partial charge < -0.3 is 9.40 Å². The molecule has 0 amide bonds. The summed E-state index contributed by atoms with van der Waals surface area (Å²) in [6.45, 7) is 8.37. The number of benzene rings is 1. The van der Waals surface area contributed by atoms with Crippen molar-refractivity contribution in [3.63, 3.8) is 0 Å². The first kappa shape index (κ1) is 18.6. The maximum absolute atomic E-state index is 12.1. The fourth-order valence-corrected chi connectivity index (χ4v) is 4.11. The minimum absolute atomic E-state index is 0.0999. The van der Waals surface area contributed by atoms with Gasteiger partial charge in [-0.15, -0.1) is 0 Å². The quantitative estimate of drug-likeness (QED) is 0.707. The number of aromatic amines is 1. The maximum atomic E-state index is 12.1. The van der Waals surface area contributed by atoms with Crippen molar-refractivity contribution < 1.29 is 4.42 Å². The monoisotopic (exact) mass is 379 g/mol. The smallest absolute Gasteiger partial charge is 0.336 e. The Kier molecular flexibility index (Phi) is 4.89. The second-order valence-electron chi connectivity index (χ2n) is 7.85. The maximum Gasteiger partial charge on any atom is 0.336 e. The average Bonchev–Trinajstić information content (AvgIpc) is 2.63. The zero-order valence-corrected chi connectivity index (χ0v) is 16.5. The van der Waals surface area contributed by atoms with Crippen LogP contribution in [-0.4, -0.2) is 28.0 Å². The summed E-state index contributed by atoms with van der Waals surface area (Å²) >= 11 is 0. The van der Waals surface area contributed by atoms with Gasteiger partial charge in [-0.05, 0) is 69.0 Å². The third-order valence-corrected chi connectivity index (χ3v) is 5.64. The highest BCUT2D eigenvalue weighted by Gasteiger charge is 2.24. The second-order valence-corrected chi connectivity index (χ2v) is 7.85. The normalized spacial score (nSPS) is 17.9. The molecule has 6 heteroatoms. The number of aromatic nitrogens is 2. The zero-order chi connectivity index (χ0) is 19.8. The summed E-state index contributed by atoms with van der Waals surface area (Å²) in [6.07, 6.45) is 2.05. The standard InChI is InChI=1S/C22H25N3O3/c1-13-7-18-17(9-22(27)28-20(18)8-14(13)2)12-25-6-4-5-16(11-25)19-10-21(26)24-15(3)23-19/h7-10,16H,4-6,11-12H2,1-3H3,(H,23,24,26). The van der Waals surface area contributed by atoms with E-state index in [-0.39, 0.29) is 17.1 Å². The molecular weight excluding hydrogens is 354 g/mol. The minimum atomic E-state index is -0.314.